The molecule has 1 N–H and O–H groups in total. The lowest BCUT2D eigenvalue weighted by atomic mass is 10.2. The van der Waals surface area contributed by atoms with Gasteiger partial charge >= 0.3 is 5.97 Å². The van der Waals surface area contributed by atoms with Crippen molar-refractivity contribution in [1.29, 1.82) is 0 Å². The van der Waals surface area contributed by atoms with Crippen LogP contribution >= 0.6 is 11.6 Å². The molecule has 0 bridgehead atoms. The van der Waals surface area contributed by atoms with E-state index >= 15 is 0 Å². The fourth-order valence-electron chi connectivity index (χ4n) is 3.05. The molecule has 0 atom stereocenters. The van der Waals surface area contributed by atoms with Crippen molar-refractivity contribution in [3.8, 4) is 17.1 Å². The van der Waals surface area contributed by atoms with Crippen molar-refractivity contribution < 1.29 is 23.2 Å². The molecule has 0 fully saturated rings. The molecule has 174 valence electrons. The summed E-state index contributed by atoms with van der Waals surface area (Å²) < 4.78 is 24.8. The number of aryl methyl sites for hydroxylation is 2. The van der Waals surface area contributed by atoms with Crippen molar-refractivity contribution in [2.75, 3.05) is 11.9 Å². The number of rotatable bonds is 8. The zero-order chi connectivity index (χ0) is 24.1. The molecule has 4 aromatic rings. The van der Waals surface area contributed by atoms with Gasteiger partial charge in [0.1, 0.15) is 11.6 Å². The van der Waals surface area contributed by atoms with Crippen LogP contribution in [0.1, 0.15) is 18.0 Å². The van der Waals surface area contributed by atoms with E-state index in [9.17, 15) is 14.0 Å². The summed E-state index contributed by atoms with van der Waals surface area (Å²) in [4.78, 5) is 28.6. The lowest BCUT2D eigenvalue weighted by molar-refractivity contribution is -0.147. The molecule has 0 aliphatic heterocycles. The summed E-state index contributed by atoms with van der Waals surface area (Å²) >= 11 is 5.87. The SMILES string of the molecule is Cc1cc(NC(=O)COC(=O)CCc2nc(-c3ccc(Cl)cc3)no2)n(-c2ccc(F)cc2)n1. The average Bonchev–Trinajstić information content (AvgIpc) is 3.44. The predicted molar refractivity (Wildman–Crippen MR) is 121 cm³/mol. The van der Waals surface area contributed by atoms with E-state index in [2.05, 4.69) is 20.6 Å². The van der Waals surface area contributed by atoms with Crippen LogP contribution in [0.25, 0.3) is 17.1 Å². The summed E-state index contributed by atoms with van der Waals surface area (Å²) in [6, 6.07) is 14.2. The van der Waals surface area contributed by atoms with Gasteiger partial charge in [-0.25, -0.2) is 9.07 Å². The van der Waals surface area contributed by atoms with Crippen molar-refractivity contribution in [1.82, 2.24) is 19.9 Å². The van der Waals surface area contributed by atoms with Gasteiger partial charge in [0.2, 0.25) is 11.7 Å². The monoisotopic (exact) mass is 483 g/mol. The zero-order valence-electron chi connectivity index (χ0n) is 18.0. The highest BCUT2D eigenvalue weighted by atomic mass is 35.5. The molecule has 34 heavy (non-hydrogen) atoms. The first-order valence-corrected chi connectivity index (χ1v) is 10.6. The van der Waals surface area contributed by atoms with Crippen LogP contribution in [0.15, 0.2) is 59.1 Å². The zero-order valence-corrected chi connectivity index (χ0v) is 18.8. The first-order valence-electron chi connectivity index (χ1n) is 10.2. The molecule has 9 nitrogen and oxygen atoms in total. The third-order valence-electron chi connectivity index (χ3n) is 4.65. The molecule has 4 rings (SSSR count). The van der Waals surface area contributed by atoms with Gasteiger partial charge in [-0.3, -0.25) is 9.59 Å². The second-order valence-electron chi connectivity index (χ2n) is 7.29. The highest BCUT2D eigenvalue weighted by Crippen LogP contribution is 2.19. The van der Waals surface area contributed by atoms with E-state index in [1.54, 1.807) is 37.3 Å². The smallest absolute Gasteiger partial charge is 0.306 e. The molecule has 11 heteroatoms. The molecule has 2 aromatic heterocycles. The number of benzene rings is 2. The van der Waals surface area contributed by atoms with Gasteiger partial charge in [0, 0.05) is 23.1 Å². The van der Waals surface area contributed by atoms with Gasteiger partial charge in [-0.2, -0.15) is 10.1 Å². The Hall–Kier alpha value is -4.05. The van der Waals surface area contributed by atoms with E-state index in [4.69, 9.17) is 20.9 Å². The maximum absolute atomic E-state index is 13.2. The number of aromatic nitrogens is 4. The molecule has 0 saturated carbocycles. The third-order valence-corrected chi connectivity index (χ3v) is 4.90. The molecule has 0 unspecified atom stereocenters. The molecule has 0 aliphatic carbocycles. The van der Waals surface area contributed by atoms with Gasteiger partial charge < -0.3 is 14.6 Å². The first-order chi connectivity index (χ1) is 16.4. The number of amides is 1. The molecule has 1 amide bonds. The van der Waals surface area contributed by atoms with Crippen molar-refractivity contribution >= 4 is 29.3 Å². The molecule has 2 heterocycles. The first kappa shape index (κ1) is 23.1. The number of halogens is 2. The second kappa shape index (κ2) is 10.3. The Morgan fingerprint density at radius 2 is 1.88 bits per heavy atom. The number of hydrogen-bond acceptors (Lipinski definition) is 7. The molecular formula is C23H19ClFN5O4. The van der Waals surface area contributed by atoms with Crippen molar-refractivity contribution in [2.24, 2.45) is 0 Å². The molecule has 0 spiro atoms. The number of ether oxygens (including phenoxy) is 1. The summed E-state index contributed by atoms with van der Waals surface area (Å²) in [6.07, 6.45) is 0.125. The van der Waals surface area contributed by atoms with Gasteiger partial charge in [-0.05, 0) is 55.5 Å². The normalized spacial score (nSPS) is 10.8. The van der Waals surface area contributed by atoms with Crippen LogP contribution in [0.4, 0.5) is 10.2 Å². The predicted octanol–water partition coefficient (Wildman–Crippen LogP) is 4.14. The number of hydrogen-bond donors (Lipinski definition) is 1. The van der Waals surface area contributed by atoms with Crippen LogP contribution in [0.5, 0.6) is 0 Å². The van der Waals surface area contributed by atoms with E-state index in [1.165, 1.54) is 28.9 Å². The Kier molecular flexibility index (Phi) is 6.98. The standard InChI is InChI=1S/C23H19ClFN5O4/c1-14-12-19(30(28-14)18-8-6-17(25)7-9-18)26-20(31)13-33-22(32)11-10-21-27-23(29-34-21)15-2-4-16(24)5-3-15/h2-9,12H,10-11,13H2,1H3,(H,26,31). The number of carbonyl (C=O) groups excluding carboxylic acids is 2. The van der Waals surface area contributed by atoms with Crippen LogP contribution in [0.3, 0.4) is 0 Å². The van der Waals surface area contributed by atoms with Crippen molar-refractivity contribution in [2.45, 2.75) is 19.8 Å². The lowest BCUT2D eigenvalue weighted by Gasteiger charge is -2.09. The quantitative estimate of drug-likeness (QED) is 0.375. The highest BCUT2D eigenvalue weighted by Gasteiger charge is 2.15. The molecule has 0 saturated heterocycles. The second-order valence-corrected chi connectivity index (χ2v) is 7.72. The van der Waals surface area contributed by atoms with Gasteiger partial charge in [0.15, 0.2) is 6.61 Å². The Balaban J connectivity index is 1.27. The average molecular weight is 484 g/mol. The fraction of sp³-hybridized carbons (Fsp3) is 0.174. The minimum absolute atomic E-state index is 0.0395. The number of nitrogens with zero attached hydrogens (tertiary/aromatic N) is 4. The summed E-state index contributed by atoms with van der Waals surface area (Å²) in [7, 11) is 0. The maximum atomic E-state index is 13.2. The summed E-state index contributed by atoms with van der Waals surface area (Å²) in [6.45, 7) is 1.28. The van der Waals surface area contributed by atoms with Crippen molar-refractivity contribution in [3.63, 3.8) is 0 Å². The fourth-order valence-corrected chi connectivity index (χ4v) is 3.17. The van der Waals surface area contributed by atoms with Crippen LogP contribution in [0.2, 0.25) is 5.02 Å². The van der Waals surface area contributed by atoms with Crippen LogP contribution in [-0.2, 0) is 20.7 Å². The largest absolute Gasteiger partial charge is 0.456 e. The number of anilines is 1. The van der Waals surface area contributed by atoms with E-state index in [0.717, 1.165) is 5.56 Å². The van der Waals surface area contributed by atoms with Gasteiger partial charge in [-0.15, -0.1) is 0 Å². The summed E-state index contributed by atoms with van der Waals surface area (Å²) in [5.41, 5.74) is 1.95. The van der Waals surface area contributed by atoms with Crippen LogP contribution < -0.4 is 5.32 Å². The third kappa shape index (κ3) is 5.84. The summed E-state index contributed by atoms with van der Waals surface area (Å²) in [5.74, 6) is -0.501. The van der Waals surface area contributed by atoms with Gasteiger partial charge in [0.05, 0.1) is 17.8 Å². The highest BCUT2D eigenvalue weighted by molar-refractivity contribution is 6.30. The van der Waals surface area contributed by atoms with E-state index in [-0.39, 0.29) is 24.5 Å². The Morgan fingerprint density at radius 3 is 2.62 bits per heavy atom. The molecule has 2 aromatic carbocycles. The van der Waals surface area contributed by atoms with Gasteiger partial charge in [0.25, 0.3) is 5.91 Å². The maximum Gasteiger partial charge on any atom is 0.306 e. The summed E-state index contributed by atoms with van der Waals surface area (Å²) in [5, 5.41) is 11.4. The minimum Gasteiger partial charge on any atom is -0.456 e. The van der Waals surface area contributed by atoms with Crippen LogP contribution in [-0.4, -0.2) is 38.4 Å². The minimum atomic E-state index is -0.593. The number of carbonyl (C=O) groups is 2. The number of nitrogens with one attached hydrogen (secondary N) is 1. The molecule has 0 radical (unpaired) electrons. The topological polar surface area (TPSA) is 112 Å². The van der Waals surface area contributed by atoms with E-state index in [0.29, 0.717) is 28.0 Å². The van der Waals surface area contributed by atoms with Crippen LogP contribution in [0, 0.1) is 12.7 Å². The lowest BCUT2D eigenvalue weighted by Crippen LogP contribution is -2.22. The Bertz CT molecular complexity index is 1300. The van der Waals surface area contributed by atoms with Gasteiger partial charge in [-0.1, -0.05) is 16.8 Å². The Morgan fingerprint density at radius 1 is 1.15 bits per heavy atom. The molecular weight excluding hydrogens is 465 g/mol. The Labute approximate surface area is 198 Å². The van der Waals surface area contributed by atoms with E-state index in [1.807, 2.05) is 0 Å². The van der Waals surface area contributed by atoms with Crippen molar-refractivity contribution in [3.05, 3.63) is 77.0 Å². The number of esters is 1. The van der Waals surface area contributed by atoms with E-state index < -0.39 is 18.5 Å². The molecule has 0 aliphatic rings.